The third-order valence-corrected chi connectivity index (χ3v) is 5.06. The highest BCUT2D eigenvalue weighted by molar-refractivity contribution is 6.31. The molecule has 0 fully saturated rings. The van der Waals surface area contributed by atoms with E-state index in [0.717, 1.165) is 0 Å². The number of carboxylic acid groups (broad SMARTS) is 1. The average Bonchev–Trinajstić information content (AvgIpc) is 3.17. The average molecular weight is 440 g/mol. The van der Waals surface area contributed by atoms with Crippen LogP contribution in [0.2, 0.25) is 10.0 Å². The molecule has 8 heteroatoms. The Bertz CT molecular complexity index is 1220. The predicted molar refractivity (Wildman–Crippen MR) is 115 cm³/mol. The Kier molecular flexibility index (Phi) is 5.20. The molecule has 4 aromatic rings. The van der Waals surface area contributed by atoms with Crippen LogP contribution in [0.25, 0.3) is 16.7 Å². The molecule has 150 valence electrons. The third-order valence-electron chi connectivity index (χ3n) is 4.57. The molecule has 3 aromatic carbocycles. The lowest BCUT2D eigenvalue weighted by atomic mass is 9.93. The van der Waals surface area contributed by atoms with Gasteiger partial charge in [-0.05, 0) is 48.5 Å². The second kappa shape index (κ2) is 7.82. The summed E-state index contributed by atoms with van der Waals surface area (Å²) in [6.07, 6.45) is 1.23. The van der Waals surface area contributed by atoms with E-state index in [0.29, 0.717) is 32.3 Å². The van der Waals surface area contributed by atoms with Gasteiger partial charge in [0.15, 0.2) is 0 Å². The molecule has 0 saturated carbocycles. The monoisotopic (exact) mass is 439 g/mol. The molecule has 1 heterocycles. The predicted octanol–water partition coefficient (Wildman–Crippen LogP) is 5.27. The fourth-order valence-electron chi connectivity index (χ4n) is 3.04. The standard InChI is InChI=1S/C22H15Cl2N3O3/c1-2-22(21(28)29,14-7-9-15(23)10-8-14)30-20-12-11-16(24)13-19(20)27-25-17-5-3-4-6-18(17)26-27/h2-13H,1H2,(H,28,29). The number of halogens is 2. The molecule has 0 aliphatic carbocycles. The van der Waals surface area contributed by atoms with Gasteiger partial charge in [-0.15, -0.1) is 15.0 Å². The van der Waals surface area contributed by atoms with Crippen molar-refractivity contribution in [2.24, 2.45) is 0 Å². The molecule has 0 amide bonds. The number of aromatic nitrogens is 3. The van der Waals surface area contributed by atoms with Crippen molar-refractivity contribution in [3.8, 4) is 11.4 Å². The Labute approximate surface area is 181 Å². The first-order chi connectivity index (χ1) is 14.4. The maximum absolute atomic E-state index is 12.3. The second-order valence-corrected chi connectivity index (χ2v) is 7.32. The minimum absolute atomic E-state index is 0.219. The number of carboxylic acids is 1. The molecular weight excluding hydrogens is 425 g/mol. The molecule has 1 N–H and O–H groups in total. The summed E-state index contributed by atoms with van der Waals surface area (Å²) in [4.78, 5) is 13.7. The van der Waals surface area contributed by atoms with Gasteiger partial charge in [0.2, 0.25) is 5.60 Å². The van der Waals surface area contributed by atoms with E-state index in [4.69, 9.17) is 27.9 Å². The Morgan fingerprint density at radius 3 is 2.17 bits per heavy atom. The largest absolute Gasteiger partial charge is 0.478 e. The molecule has 4 rings (SSSR count). The summed E-state index contributed by atoms with van der Waals surface area (Å²) in [7, 11) is 0. The number of nitrogens with zero attached hydrogens (tertiary/aromatic N) is 3. The van der Waals surface area contributed by atoms with Gasteiger partial charge in [-0.25, -0.2) is 4.79 Å². The fourth-order valence-corrected chi connectivity index (χ4v) is 3.34. The molecule has 1 atom stereocenters. The summed E-state index contributed by atoms with van der Waals surface area (Å²) in [5, 5.41) is 19.8. The van der Waals surface area contributed by atoms with Crippen molar-refractivity contribution in [1.29, 1.82) is 0 Å². The number of hydrogen-bond donors (Lipinski definition) is 1. The molecule has 6 nitrogen and oxygen atoms in total. The van der Waals surface area contributed by atoms with Crippen molar-refractivity contribution in [3.05, 3.63) is 95.0 Å². The number of aliphatic carboxylic acids is 1. The number of fused-ring (bicyclic) bond motifs is 1. The van der Waals surface area contributed by atoms with Crippen molar-refractivity contribution in [3.63, 3.8) is 0 Å². The lowest BCUT2D eigenvalue weighted by Gasteiger charge is -2.28. The van der Waals surface area contributed by atoms with E-state index >= 15 is 0 Å². The Balaban J connectivity index is 1.86. The molecule has 0 aliphatic heterocycles. The van der Waals surface area contributed by atoms with E-state index in [-0.39, 0.29) is 5.75 Å². The maximum atomic E-state index is 12.3. The maximum Gasteiger partial charge on any atom is 0.357 e. The highest BCUT2D eigenvalue weighted by Gasteiger charge is 2.41. The summed E-state index contributed by atoms with van der Waals surface area (Å²) in [5.74, 6) is -1.02. The lowest BCUT2D eigenvalue weighted by molar-refractivity contribution is -0.151. The van der Waals surface area contributed by atoms with Gasteiger partial charge in [0.1, 0.15) is 22.5 Å². The summed E-state index contributed by atoms with van der Waals surface area (Å²) >= 11 is 12.1. The molecule has 0 spiro atoms. The quantitative estimate of drug-likeness (QED) is 0.414. The molecule has 1 unspecified atom stereocenters. The van der Waals surface area contributed by atoms with Crippen molar-refractivity contribution in [2.75, 3.05) is 0 Å². The molecule has 1 aromatic heterocycles. The highest BCUT2D eigenvalue weighted by Crippen LogP contribution is 2.35. The van der Waals surface area contributed by atoms with E-state index in [1.165, 1.54) is 10.9 Å². The summed E-state index contributed by atoms with van der Waals surface area (Å²) in [6, 6.07) is 18.5. The van der Waals surface area contributed by atoms with Gasteiger partial charge in [-0.2, -0.15) is 0 Å². The van der Waals surface area contributed by atoms with E-state index in [1.54, 1.807) is 42.5 Å². The van der Waals surface area contributed by atoms with Crippen molar-refractivity contribution < 1.29 is 14.6 Å². The minimum Gasteiger partial charge on any atom is -0.478 e. The van der Waals surface area contributed by atoms with Crippen LogP contribution >= 0.6 is 23.2 Å². The topological polar surface area (TPSA) is 77.2 Å². The van der Waals surface area contributed by atoms with Gasteiger partial charge in [0.25, 0.3) is 0 Å². The minimum atomic E-state index is -1.86. The van der Waals surface area contributed by atoms with Crippen molar-refractivity contribution >= 4 is 40.2 Å². The smallest absolute Gasteiger partial charge is 0.357 e. The number of hydrogen-bond acceptors (Lipinski definition) is 4. The second-order valence-electron chi connectivity index (χ2n) is 6.44. The number of ether oxygens (including phenoxy) is 1. The Morgan fingerprint density at radius 2 is 1.60 bits per heavy atom. The first kappa shape index (κ1) is 19.9. The first-order valence-corrected chi connectivity index (χ1v) is 9.62. The molecule has 30 heavy (non-hydrogen) atoms. The van der Waals surface area contributed by atoms with Crippen LogP contribution in [0.1, 0.15) is 5.56 Å². The molecule has 0 aliphatic rings. The SMILES string of the molecule is C=CC(Oc1ccc(Cl)cc1-n1nc2ccccc2n1)(C(=O)O)c1ccc(Cl)cc1. The highest BCUT2D eigenvalue weighted by atomic mass is 35.5. The third kappa shape index (κ3) is 3.51. The molecule has 0 bridgehead atoms. The van der Waals surface area contributed by atoms with Crippen LogP contribution in [0.15, 0.2) is 79.4 Å². The van der Waals surface area contributed by atoms with Crippen LogP contribution in [0.4, 0.5) is 0 Å². The molecule has 0 saturated heterocycles. The van der Waals surface area contributed by atoms with Gasteiger partial charge >= 0.3 is 5.97 Å². The van der Waals surface area contributed by atoms with E-state index in [9.17, 15) is 9.90 Å². The summed E-state index contributed by atoms with van der Waals surface area (Å²) < 4.78 is 6.06. The zero-order valence-electron chi connectivity index (χ0n) is 15.5. The van der Waals surface area contributed by atoms with Crippen LogP contribution in [-0.2, 0) is 10.4 Å². The number of rotatable bonds is 6. The van der Waals surface area contributed by atoms with Crippen LogP contribution in [0.3, 0.4) is 0 Å². The van der Waals surface area contributed by atoms with Crippen LogP contribution in [-0.4, -0.2) is 26.1 Å². The van der Waals surface area contributed by atoms with E-state index in [1.807, 2.05) is 24.3 Å². The molecular formula is C22H15Cl2N3O3. The zero-order chi connectivity index (χ0) is 21.3. The normalized spacial score (nSPS) is 13.0. The Hall–Kier alpha value is -3.35. The Morgan fingerprint density at radius 1 is 1.00 bits per heavy atom. The lowest BCUT2D eigenvalue weighted by Crippen LogP contribution is -2.40. The van der Waals surface area contributed by atoms with Crippen LogP contribution in [0.5, 0.6) is 5.75 Å². The molecule has 0 radical (unpaired) electrons. The van der Waals surface area contributed by atoms with Gasteiger partial charge in [0, 0.05) is 15.6 Å². The van der Waals surface area contributed by atoms with Gasteiger partial charge in [-0.1, -0.05) is 54.0 Å². The number of benzene rings is 3. The van der Waals surface area contributed by atoms with Crippen molar-refractivity contribution in [1.82, 2.24) is 15.0 Å². The van der Waals surface area contributed by atoms with E-state index < -0.39 is 11.6 Å². The fraction of sp³-hybridized carbons (Fsp3) is 0.0455. The summed E-state index contributed by atoms with van der Waals surface area (Å²) in [5.41, 5.74) is 0.234. The van der Waals surface area contributed by atoms with Gasteiger partial charge in [0.05, 0.1) is 0 Å². The zero-order valence-corrected chi connectivity index (χ0v) is 17.0. The van der Waals surface area contributed by atoms with Crippen LogP contribution in [0, 0.1) is 0 Å². The first-order valence-electron chi connectivity index (χ1n) is 8.87. The van der Waals surface area contributed by atoms with Gasteiger partial charge in [-0.3, -0.25) is 0 Å². The van der Waals surface area contributed by atoms with Gasteiger partial charge < -0.3 is 9.84 Å². The van der Waals surface area contributed by atoms with Crippen LogP contribution < -0.4 is 4.74 Å². The summed E-state index contributed by atoms with van der Waals surface area (Å²) in [6.45, 7) is 3.70. The van der Waals surface area contributed by atoms with E-state index in [2.05, 4.69) is 16.8 Å². The number of carbonyl (C=O) groups is 1. The van der Waals surface area contributed by atoms with Crippen molar-refractivity contribution in [2.45, 2.75) is 5.60 Å².